The lowest BCUT2D eigenvalue weighted by Gasteiger charge is -2.16. The zero-order valence-electron chi connectivity index (χ0n) is 10.6. The van der Waals surface area contributed by atoms with Gasteiger partial charge in [-0.05, 0) is 40.7 Å². The Bertz CT molecular complexity index is 536. The number of aromatic nitrogens is 2. The van der Waals surface area contributed by atoms with E-state index in [4.69, 9.17) is 5.73 Å². The lowest BCUT2D eigenvalue weighted by atomic mass is 10.2. The van der Waals surface area contributed by atoms with E-state index in [1.807, 2.05) is 30.2 Å². The zero-order chi connectivity index (χ0) is 13.1. The molecule has 0 fully saturated rings. The summed E-state index contributed by atoms with van der Waals surface area (Å²) >= 11 is 3.45. The summed E-state index contributed by atoms with van der Waals surface area (Å²) < 4.78 is 2.78. The first-order chi connectivity index (χ1) is 8.54. The number of nitrogens with two attached hydrogens (primary N) is 1. The standard InChI is InChI=1S/C13H17BrN4/c1-17(8-11-6-16-18(2)9-11)7-10-3-4-13(15)12(14)5-10/h3-6,9H,7-8,15H2,1-2H3. The SMILES string of the molecule is CN(Cc1ccc(N)c(Br)c1)Cc1cnn(C)c1. The van der Waals surface area contributed by atoms with Gasteiger partial charge in [-0.1, -0.05) is 6.07 Å². The predicted molar refractivity (Wildman–Crippen MR) is 76.9 cm³/mol. The van der Waals surface area contributed by atoms with Gasteiger partial charge in [0.15, 0.2) is 0 Å². The molecule has 2 rings (SSSR count). The Hall–Kier alpha value is -1.33. The summed E-state index contributed by atoms with van der Waals surface area (Å²) in [7, 11) is 4.03. The average Bonchev–Trinajstić information content (AvgIpc) is 2.69. The average molecular weight is 309 g/mol. The van der Waals surface area contributed by atoms with Gasteiger partial charge in [0.2, 0.25) is 0 Å². The molecule has 0 unspecified atom stereocenters. The predicted octanol–water partition coefficient (Wildman–Crippen LogP) is 2.40. The molecule has 4 nitrogen and oxygen atoms in total. The van der Waals surface area contributed by atoms with Crippen molar-refractivity contribution in [3.8, 4) is 0 Å². The van der Waals surface area contributed by atoms with E-state index in [9.17, 15) is 0 Å². The van der Waals surface area contributed by atoms with Crippen LogP contribution in [0.25, 0.3) is 0 Å². The van der Waals surface area contributed by atoms with E-state index in [0.717, 1.165) is 23.2 Å². The highest BCUT2D eigenvalue weighted by atomic mass is 79.9. The normalized spacial score (nSPS) is 11.1. The highest BCUT2D eigenvalue weighted by Crippen LogP contribution is 2.21. The Labute approximate surface area is 116 Å². The largest absolute Gasteiger partial charge is 0.398 e. The van der Waals surface area contributed by atoms with E-state index in [1.54, 1.807) is 0 Å². The first-order valence-corrected chi connectivity index (χ1v) is 6.54. The van der Waals surface area contributed by atoms with E-state index in [0.29, 0.717) is 0 Å². The van der Waals surface area contributed by atoms with Gasteiger partial charge in [-0.3, -0.25) is 9.58 Å². The molecule has 0 spiro atoms. The van der Waals surface area contributed by atoms with E-state index < -0.39 is 0 Å². The first kappa shape index (κ1) is 13.1. The molecular formula is C13H17BrN4. The second-order valence-corrected chi connectivity index (χ2v) is 5.40. The molecule has 1 aromatic carbocycles. The summed E-state index contributed by atoms with van der Waals surface area (Å²) in [6.07, 6.45) is 3.94. The Kier molecular flexibility index (Phi) is 4.04. The lowest BCUT2D eigenvalue weighted by Crippen LogP contribution is -2.17. The molecule has 0 aliphatic carbocycles. The molecule has 0 amide bonds. The van der Waals surface area contributed by atoms with Crippen LogP contribution in [0, 0.1) is 0 Å². The quantitative estimate of drug-likeness (QED) is 0.882. The van der Waals surface area contributed by atoms with Crippen LogP contribution in [0.1, 0.15) is 11.1 Å². The van der Waals surface area contributed by atoms with E-state index in [1.165, 1.54) is 11.1 Å². The summed E-state index contributed by atoms with van der Waals surface area (Å²) in [6, 6.07) is 6.05. The van der Waals surface area contributed by atoms with Gasteiger partial charge in [0.1, 0.15) is 0 Å². The van der Waals surface area contributed by atoms with Gasteiger partial charge in [0.25, 0.3) is 0 Å². The molecule has 96 valence electrons. The minimum absolute atomic E-state index is 0.772. The molecule has 0 aliphatic rings. The van der Waals surface area contributed by atoms with Gasteiger partial charge in [-0.15, -0.1) is 0 Å². The van der Waals surface area contributed by atoms with Gasteiger partial charge < -0.3 is 5.73 Å². The summed E-state index contributed by atoms with van der Waals surface area (Å²) in [4.78, 5) is 2.25. The van der Waals surface area contributed by atoms with Crippen molar-refractivity contribution in [1.82, 2.24) is 14.7 Å². The van der Waals surface area contributed by atoms with Gasteiger partial charge >= 0.3 is 0 Å². The third-order valence-electron chi connectivity index (χ3n) is 2.73. The van der Waals surface area contributed by atoms with Gasteiger partial charge in [-0.25, -0.2) is 0 Å². The molecule has 2 N–H and O–H groups in total. The highest BCUT2D eigenvalue weighted by Gasteiger charge is 2.05. The maximum atomic E-state index is 5.77. The minimum atomic E-state index is 0.772. The summed E-state index contributed by atoms with van der Waals surface area (Å²) in [5, 5.41) is 4.17. The Morgan fingerprint density at radius 3 is 2.67 bits per heavy atom. The van der Waals surface area contributed by atoms with Crippen molar-refractivity contribution >= 4 is 21.6 Å². The van der Waals surface area contributed by atoms with Crippen molar-refractivity contribution in [1.29, 1.82) is 0 Å². The Morgan fingerprint density at radius 1 is 1.33 bits per heavy atom. The number of nitrogen functional groups attached to an aromatic ring is 1. The van der Waals surface area contributed by atoms with Crippen LogP contribution in [0.2, 0.25) is 0 Å². The molecule has 2 aromatic rings. The summed E-state index contributed by atoms with van der Waals surface area (Å²) in [6.45, 7) is 1.77. The second kappa shape index (κ2) is 5.54. The van der Waals surface area contributed by atoms with Crippen LogP contribution in [-0.4, -0.2) is 21.7 Å². The fourth-order valence-electron chi connectivity index (χ4n) is 1.90. The molecule has 1 aromatic heterocycles. The molecule has 0 saturated carbocycles. The van der Waals surface area contributed by atoms with E-state index in [2.05, 4.69) is 45.1 Å². The molecule has 0 radical (unpaired) electrons. The number of hydrogen-bond acceptors (Lipinski definition) is 3. The number of halogens is 1. The summed E-state index contributed by atoms with van der Waals surface area (Å²) in [5.41, 5.74) is 9.00. The highest BCUT2D eigenvalue weighted by molar-refractivity contribution is 9.10. The molecule has 1 heterocycles. The first-order valence-electron chi connectivity index (χ1n) is 5.74. The maximum Gasteiger partial charge on any atom is 0.0534 e. The Balaban J connectivity index is 1.98. The van der Waals surface area contributed by atoms with Crippen LogP contribution in [0.5, 0.6) is 0 Å². The van der Waals surface area contributed by atoms with Crippen LogP contribution < -0.4 is 5.73 Å². The van der Waals surface area contributed by atoms with Gasteiger partial charge in [0.05, 0.1) is 6.20 Å². The van der Waals surface area contributed by atoms with Crippen LogP contribution in [0.4, 0.5) is 5.69 Å². The number of hydrogen-bond donors (Lipinski definition) is 1. The van der Waals surface area contributed by atoms with Crippen molar-refractivity contribution in [3.63, 3.8) is 0 Å². The smallest absolute Gasteiger partial charge is 0.0534 e. The lowest BCUT2D eigenvalue weighted by molar-refractivity contribution is 0.319. The number of rotatable bonds is 4. The molecule has 0 aliphatic heterocycles. The van der Waals surface area contributed by atoms with Gasteiger partial charge in [0, 0.05) is 42.1 Å². The van der Waals surface area contributed by atoms with Gasteiger partial charge in [-0.2, -0.15) is 5.10 Å². The molecule has 18 heavy (non-hydrogen) atoms. The second-order valence-electron chi connectivity index (χ2n) is 4.55. The minimum Gasteiger partial charge on any atom is -0.398 e. The van der Waals surface area contributed by atoms with Crippen LogP contribution >= 0.6 is 15.9 Å². The molecule has 5 heteroatoms. The zero-order valence-corrected chi connectivity index (χ0v) is 12.2. The van der Waals surface area contributed by atoms with Crippen LogP contribution in [0.15, 0.2) is 35.1 Å². The molecule has 0 atom stereocenters. The van der Waals surface area contributed by atoms with E-state index in [-0.39, 0.29) is 0 Å². The van der Waals surface area contributed by atoms with Crippen molar-refractivity contribution in [2.45, 2.75) is 13.1 Å². The van der Waals surface area contributed by atoms with Crippen LogP contribution in [-0.2, 0) is 20.1 Å². The molecule has 0 bridgehead atoms. The van der Waals surface area contributed by atoms with Crippen molar-refractivity contribution in [2.75, 3.05) is 12.8 Å². The molecular weight excluding hydrogens is 292 g/mol. The Morgan fingerprint density at radius 2 is 2.06 bits per heavy atom. The third kappa shape index (κ3) is 3.34. The van der Waals surface area contributed by atoms with E-state index >= 15 is 0 Å². The fraction of sp³-hybridized carbons (Fsp3) is 0.308. The maximum absolute atomic E-state index is 5.77. The number of nitrogens with zero attached hydrogens (tertiary/aromatic N) is 3. The van der Waals surface area contributed by atoms with Crippen LogP contribution in [0.3, 0.4) is 0 Å². The van der Waals surface area contributed by atoms with Crippen molar-refractivity contribution in [2.24, 2.45) is 7.05 Å². The topological polar surface area (TPSA) is 47.1 Å². The number of benzene rings is 1. The number of aryl methyl sites for hydroxylation is 1. The monoisotopic (exact) mass is 308 g/mol. The van der Waals surface area contributed by atoms with Crippen molar-refractivity contribution < 1.29 is 0 Å². The molecule has 0 saturated heterocycles. The number of anilines is 1. The summed E-state index contributed by atoms with van der Waals surface area (Å²) in [5.74, 6) is 0. The fourth-order valence-corrected chi connectivity index (χ4v) is 2.33. The van der Waals surface area contributed by atoms with Crippen molar-refractivity contribution in [3.05, 3.63) is 46.2 Å². The third-order valence-corrected chi connectivity index (χ3v) is 3.41.